The van der Waals surface area contributed by atoms with E-state index in [1.54, 1.807) is 4.68 Å². The van der Waals surface area contributed by atoms with E-state index in [0.29, 0.717) is 11.1 Å². The molecule has 0 saturated heterocycles. The summed E-state index contributed by atoms with van der Waals surface area (Å²) in [4.78, 5) is 8.37. The van der Waals surface area contributed by atoms with Gasteiger partial charge in [-0.25, -0.2) is 9.97 Å². The van der Waals surface area contributed by atoms with Gasteiger partial charge in [0, 0.05) is 7.05 Å². The van der Waals surface area contributed by atoms with Crippen molar-refractivity contribution in [1.82, 2.24) is 19.7 Å². The fourth-order valence-electron chi connectivity index (χ4n) is 1.51. The average molecular weight is 211 g/mol. The van der Waals surface area contributed by atoms with Crippen molar-refractivity contribution >= 4 is 22.6 Å². The topological polar surface area (TPSA) is 43.6 Å². The van der Waals surface area contributed by atoms with Gasteiger partial charge in [-0.2, -0.15) is 5.10 Å². The second kappa shape index (κ2) is 3.20. The fraction of sp³-hybridized carbons (Fsp3) is 0.444. The Morgan fingerprint density at radius 3 is 2.71 bits per heavy atom. The predicted molar refractivity (Wildman–Crippen MR) is 55.4 cm³/mol. The van der Waals surface area contributed by atoms with Gasteiger partial charge in [0.25, 0.3) is 0 Å². The first-order valence-corrected chi connectivity index (χ1v) is 4.82. The van der Waals surface area contributed by atoms with Gasteiger partial charge in [0.1, 0.15) is 17.4 Å². The minimum Gasteiger partial charge on any atom is -0.263 e. The largest absolute Gasteiger partial charge is 0.263 e. The maximum atomic E-state index is 5.93. The normalized spacial score (nSPS) is 11.5. The van der Waals surface area contributed by atoms with Crippen molar-refractivity contribution in [3.05, 3.63) is 17.2 Å². The van der Waals surface area contributed by atoms with E-state index in [1.165, 1.54) is 6.33 Å². The highest BCUT2D eigenvalue weighted by Gasteiger charge is 2.14. The highest BCUT2D eigenvalue weighted by Crippen LogP contribution is 2.25. The van der Waals surface area contributed by atoms with Crippen molar-refractivity contribution in [2.24, 2.45) is 7.05 Å². The van der Waals surface area contributed by atoms with Gasteiger partial charge in [-0.3, -0.25) is 4.68 Å². The summed E-state index contributed by atoms with van der Waals surface area (Å²) in [6, 6.07) is 0. The van der Waals surface area contributed by atoms with Gasteiger partial charge in [0.15, 0.2) is 5.15 Å². The Labute approximate surface area is 86.9 Å². The number of hydrogen-bond donors (Lipinski definition) is 0. The van der Waals surface area contributed by atoms with Crippen LogP contribution in [0.15, 0.2) is 6.33 Å². The second-order valence-electron chi connectivity index (χ2n) is 3.53. The molecule has 5 heteroatoms. The number of fused-ring (bicyclic) bond motifs is 1. The van der Waals surface area contributed by atoms with Gasteiger partial charge in [-0.15, -0.1) is 0 Å². The van der Waals surface area contributed by atoms with Gasteiger partial charge < -0.3 is 0 Å². The Kier molecular flexibility index (Phi) is 2.15. The molecule has 0 atom stereocenters. The molecule has 0 spiro atoms. The highest BCUT2D eigenvalue weighted by molar-refractivity contribution is 6.33. The molecule has 0 aromatic carbocycles. The molecule has 2 rings (SSSR count). The quantitative estimate of drug-likeness (QED) is 0.725. The number of nitrogens with zero attached hydrogens (tertiary/aromatic N) is 4. The second-order valence-corrected chi connectivity index (χ2v) is 3.88. The number of rotatable bonds is 1. The molecule has 0 radical (unpaired) electrons. The van der Waals surface area contributed by atoms with E-state index in [0.717, 1.165) is 16.7 Å². The van der Waals surface area contributed by atoms with Crippen LogP contribution in [0.2, 0.25) is 5.15 Å². The van der Waals surface area contributed by atoms with E-state index < -0.39 is 0 Å². The smallest absolute Gasteiger partial charge is 0.177 e. The van der Waals surface area contributed by atoms with Crippen molar-refractivity contribution < 1.29 is 0 Å². The van der Waals surface area contributed by atoms with E-state index in [4.69, 9.17) is 11.6 Å². The summed E-state index contributed by atoms with van der Waals surface area (Å²) in [6.45, 7) is 4.17. The van der Waals surface area contributed by atoms with Crippen molar-refractivity contribution in [2.75, 3.05) is 0 Å². The average Bonchev–Trinajstić information content (AvgIpc) is 2.43. The van der Waals surface area contributed by atoms with E-state index in [1.807, 2.05) is 7.05 Å². The summed E-state index contributed by atoms with van der Waals surface area (Å²) in [7, 11) is 1.85. The molecule has 0 unspecified atom stereocenters. The highest BCUT2D eigenvalue weighted by atomic mass is 35.5. The van der Waals surface area contributed by atoms with Gasteiger partial charge in [-0.05, 0) is 5.92 Å². The summed E-state index contributed by atoms with van der Waals surface area (Å²) in [5, 5.41) is 4.55. The van der Waals surface area contributed by atoms with Crippen LogP contribution in [0.1, 0.15) is 25.5 Å². The molecular formula is C9H11ClN4. The lowest BCUT2D eigenvalue weighted by Crippen LogP contribution is -1.99. The van der Waals surface area contributed by atoms with Gasteiger partial charge in [0.2, 0.25) is 0 Å². The number of aromatic nitrogens is 4. The lowest BCUT2D eigenvalue weighted by atomic mass is 10.1. The summed E-state index contributed by atoms with van der Waals surface area (Å²) < 4.78 is 1.73. The maximum Gasteiger partial charge on any atom is 0.177 e. The minimum atomic E-state index is 0.340. The van der Waals surface area contributed by atoms with Crippen LogP contribution in [-0.4, -0.2) is 19.7 Å². The third-order valence-electron chi connectivity index (χ3n) is 2.15. The lowest BCUT2D eigenvalue weighted by molar-refractivity contribution is 0.765. The van der Waals surface area contributed by atoms with E-state index in [9.17, 15) is 0 Å². The standard InChI is InChI=1S/C9H11ClN4/c1-5(2)6-8-7(12-4-11-6)9(10)13-14(8)3/h4-5H,1-3H3. The third-order valence-corrected chi connectivity index (χ3v) is 2.41. The van der Waals surface area contributed by atoms with Crippen LogP contribution in [0.3, 0.4) is 0 Å². The molecule has 0 amide bonds. The fourth-order valence-corrected chi connectivity index (χ4v) is 1.77. The van der Waals surface area contributed by atoms with Crippen LogP contribution in [0.5, 0.6) is 0 Å². The third kappa shape index (κ3) is 1.26. The van der Waals surface area contributed by atoms with Crippen molar-refractivity contribution in [2.45, 2.75) is 19.8 Å². The van der Waals surface area contributed by atoms with Crippen LogP contribution in [0.4, 0.5) is 0 Å². The number of aryl methyl sites for hydroxylation is 1. The van der Waals surface area contributed by atoms with Crippen molar-refractivity contribution in [3.8, 4) is 0 Å². The number of hydrogen-bond acceptors (Lipinski definition) is 3. The van der Waals surface area contributed by atoms with Gasteiger partial charge in [0.05, 0.1) is 5.69 Å². The van der Waals surface area contributed by atoms with Crippen LogP contribution in [-0.2, 0) is 7.05 Å². The first-order chi connectivity index (χ1) is 6.61. The Bertz CT molecular complexity index is 475. The minimum absolute atomic E-state index is 0.340. The Morgan fingerprint density at radius 2 is 2.07 bits per heavy atom. The van der Waals surface area contributed by atoms with E-state index in [2.05, 4.69) is 28.9 Å². The van der Waals surface area contributed by atoms with Crippen molar-refractivity contribution in [3.63, 3.8) is 0 Å². The Hall–Kier alpha value is -1.16. The van der Waals surface area contributed by atoms with Gasteiger partial charge in [-0.1, -0.05) is 25.4 Å². The molecular weight excluding hydrogens is 200 g/mol. The zero-order valence-corrected chi connectivity index (χ0v) is 9.08. The molecule has 0 saturated carbocycles. The SMILES string of the molecule is CC(C)c1ncnc2c(Cl)nn(C)c12. The summed E-state index contributed by atoms with van der Waals surface area (Å²) in [5.41, 5.74) is 2.64. The van der Waals surface area contributed by atoms with Crippen LogP contribution >= 0.6 is 11.6 Å². The zero-order valence-electron chi connectivity index (χ0n) is 8.32. The Balaban J connectivity index is 2.85. The Morgan fingerprint density at radius 1 is 1.36 bits per heavy atom. The van der Waals surface area contributed by atoms with Crippen molar-refractivity contribution in [1.29, 1.82) is 0 Å². The van der Waals surface area contributed by atoms with Crippen LogP contribution in [0, 0.1) is 0 Å². The predicted octanol–water partition coefficient (Wildman–Crippen LogP) is 2.14. The van der Waals surface area contributed by atoms with E-state index in [-0.39, 0.29) is 0 Å². The molecule has 4 nitrogen and oxygen atoms in total. The summed E-state index contributed by atoms with van der Waals surface area (Å²) >= 11 is 5.93. The van der Waals surface area contributed by atoms with Crippen LogP contribution < -0.4 is 0 Å². The lowest BCUT2D eigenvalue weighted by Gasteiger charge is -2.05. The molecule has 0 bridgehead atoms. The molecule has 0 N–H and O–H groups in total. The maximum absolute atomic E-state index is 5.93. The molecule has 0 aliphatic carbocycles. The molecule has 2 aromatic rings. The molecule has 0 fully saturated rings. The molecule has 2 aromatic heterocycles. The monoisotopic (exact) mass is 210 g/mol. The van der Waals surface area contributed by atoms with Gasteiger partial charge >= 0.3 is 0 Å². The van der Waals surface area contributed by atoms with E-state index >= 15 is 0 Å². The summed E-state index contributed by atoms with van der Waals surface area (Å²) in [5.74, 6) is 0.340. The molecule has 14 heavy (non-hydrogen) atoms. The molecule has 74 valence electrons. The molecule has 2 heterocycles. The molecule has 0 aliphatic rings. The summed E-state index contributed by atoms with van der Waals surface area (Å²) in [6.07, 6.45) is 1.53. The first kappa shape index (κ1) is 9.40. The molecule has 0 aliphatic heterocycles. The number of halogens is 1. The zero-order chi connectivity index (χ0) is 10.3. The van der Waals surface area contributed by atoms with Crippen LogP contribution in [0.25, 0.3) is 11.0 Å². The first-order valence-electron chi connectivity index (χ1n) is 4.44.